The van der Waals surface area contributed by atoms with Crippen LogP contribution in [0.4, 0.5) is 0 Å². The highest BCUT2D eigenvalue weighted by Gasteiger charge is 2.16. The van der Waals surface area contributed by atoms with Crippen LogP contribution in [0.2, 0.25) is 0 Å². The first-order chi connectivity index (χ1) is 9.61. The van der Waals surface area contributed by atoms with Crippen LogP contribution in [0.3, 0.4) is 0 Å². The minimum absolute atomic E-state index is 0.0896. The second-order valence-corrected chi connectivity index (χ2v) is 5.36. The fraction of sp³-hybridized carbons (Fsp3) is 0.267. The fourth-order valence-electron chi connectivity index (χ4n) is 1.90. The summed E-state index contributed by atoms with van der Waals surface area (Å²) in [5, 5.41) is 22.7. The van der Waals surface area contributed by atoms with E-state index in [-0.39, 0.29) is 24.8 Å². The summed E-state index contributed by atoms with van der Waals surface area (Å²) >= 11 is 1.57. The van der Waals surface area contributed by atoms with Crippen molar-refractivity contribution in [1.29, 1.82) is 0 Å². The number of hydrogen-bond donors (Lipinski definition) is 2. The molecule has 1 amide bonds. The Balaban J connectivity index is 2.19. The van der Waals surface area contributed by atoms with Crippen LogP contribution in [0.5, 0.6) is 5.75 Å². The molecule has 0 atom stereocenters. The van der Waals surface area contributed by atoms with Crippen molar-refractivity contribution >= 4 is 17.2 Å². The molecule has 0 spiro atoms. The fourth-order valence-corrected chi connectivity index (χ4v) is 2.56. The van der Waals surface area contributed by atoms with Crippen molar-refractivity contribution < 1.29 is 15.0 Å². The van der Waals surface area contributed by atoms with Crippen molar-refractivity contribution in [3.8, 4) is 5.75 Å². The Hall–Kier alpha value is -1.85. The van der Waals surface area contributed by atoms with E-state index in [0.29, 0.717) is 12.1 Å². The standard InChI is InChI=1S/C15H17NO3S/c1-11-2-3-13(8-14(11)18)15(19)16(5-6-17)9-12-4-7-20-10-12/h2-4,7-8,10,17-18H,5-6,9H2,1H3. The molecule has 0 bridgehead atoms. The number of nitrogens with zero attached hydrogens (tertiary/aromatic N) is 1. The average Bonchev–Trinajstić information content (AvgIpc) is 2.93. The molecule has 0 saturated heterocycles. The number of phenols is 1. The zero-order valence-electron chi connectivity index (χ0n) is 11.2. The van der Waals surface area contributed by atoms with Gasteiger partial charge in [0.1, 0.15) is 5.75 Å². The second kappa shape index (κ2) is 6.54. The van der Waals surface area contributed by atoms with E-state index in [1.54, 1.807) is 35.3 Å². The zero-order chi connectivity index (χ0) is 14.5. The predicted molar refractivity (Wildman–Crippen MR) is 79.0 cm³/mol. The number of benzene rings is 1. The van der Waals surface area contributed by atoms with Gasteiger partial charge in [-0.05, 0) is 47.0 Å². The summed E-state index contributed by atoms with van der Waals surface area (Å²) in [5.41, 5.74) is 2.19. The molecule has 1 aromatic carbocycles. The van der Waals surface area contributed by atoms with Gasteiger partial charge in [0.15, 0.2) is 0 Å². The van der Waals surface area contributed by atoms with Gasteiger partial charge in [-0.15, -0.1) is 0 Å². The molecule has 2 N–H and O–H groups in total. The van der Waals surface area contributed by atoms with Crippen molar-refractivity contribution in [2.75, 3.05) is 13.2 Å². The summed E-state index contributed by atoms with van der Waals surface area (Å²) in [6.45, 7) is 2.41. The number of aromatic hydroxyl groups is 1. The molecule has 2 aromatic rings. The maximum Gasteiger partial charge on any atom is 0.254 e. The van der Waals surface area contributed by atoms with Crippen molar-refractivity contribution in [3.63, 3.8) is 0 Å². The minimum atomic E-state index is -0.194. The highest BCUT2D eigenvalue weighted by atomic mass is 32.1. The molecule has 1 heterocycles. The molecule has 2 rings (SSSR count). The first-order valence-corrected chi connectivity index (χ1v) is 7.27. The second-order valence-electron chi connectivity index (χ2n) is 4.58. The topological polar surface area (TPSA) is 60.8 Å². The highest BCUT2D eigenvalue weighted by Crippen LogP contribution is 2.19. The minimum Gasteiger partial charge on any atom is -0.508 e. The van der Waals surface area contributed by atoms with E-state index in [1.807, 2.05) is 16.8 Å². The number of aliphatic hydroxyl groups excluding tert-OH is 1. The lowest BCUT2D eigenvalue weighted by Gasteiger charge is -2.21. The Morgan fingerprint density at radius 2 is 2.15 bits per heavy atom. The van der Waals surface area contributed by atoms with Crippen molar-refractivity contribution in [2.45, 2.75) is 13.5 Å². The van der Waals surface area contributed by atoms with E-state index in [9.17, 15) is 9.90 Å². The Kier molecular flexibility index (Phi) is 4.76. The van der Waals surface area contributed by atoms with E-state index < -0.39 is 0 Å². The summed E-state index contributed by atoms with van der Waals surface area (Å²) in [5.74, 6) is -0.0871. The molecule has 0 aliphatic rings. The van der Waals surface area contributed by atoms with Gasteiger partial charge in [0.25, 0.3) is 5.91 Å². The first kappa shape index (κ1) is 14.6. The summed E-state index contributed by atoms with van der Waals surface area (Å²) < 4.78 is 0. The van der Waals surface area contributed by atoms with Gasteiger partial charge in [0.2, 0.25) is 0 Å². The van der Waals surface area contributed by atoms with Gasteiger partial charge in [-0.1, -0.05) is 6.07 Å². The van der Waals surface area contributed by atoms with Crippen LogP contribution in [0, 0.1) is 6.92 Å². The van der Waals surface area contributed by atoms with Crippen molar-refractivity contribution in [2.24, 2.45) is 0 Å². The molecule has 0 unspecified atom stereocenters. The molecule has 106 valence electrons. The Morgan fingerprint density at radius 1 is 1.35 bits per heavy atom. The normalized spacial score (nSPS) is 10.5. The van der Waals surface area contributed by atoms with E-state index in [1.165, 1.54) is 6.07 Å². The molecule has 0 aliphatic heterocycles. The van der Waals surface area contributed by atoms with Crippen LogP contribution in [0.1, 0.15) is 21.5 Å². The third-order valence-corrected chi connectivity index (χ3v) is 3.80. The number of rotatable bonds is 5. The van der Waals surface area contributed by atoms with Gasteiger partial charge in [-0.25, -0.2) is 0 Å². The van der Waals surface area contributed by atoms with Crippen molar-refractivity contribution in [3.05, 3.63) is 51.7 Å². The van der Waals surface area contributed by atoms with Crippen LogP contribution in [-0.2, 0) is 6.54 Å². The maximum absolute atomic E-state index is 12.4. The number of amides is 1. The average molecular weight is 291 g/mol. The quantitative estimate of drug-likeness (QED) is 0.889. The molecule has 0 aliphatic carbocycles. The Bertz CT molecular complexity index is 581. The van der Waals surface area contributed by atoms with Crippen LogP contribution in [0.25, 0.3) is 0 Å². The number of aryl methyl sites for hydroxylation is 1. The summed E-state index contributed by atoms with van der Waals surface area (Å²) in [6, 6.07) is 6.82. The molecule has 4 nitrogen and oxygen atoms in total. The van der Waals surface area contributed by atoms with Crippen LogP contribution >= 0.6 is 11.3 Å². The van der Waals surface area contributed by atoms with E-state index in [0.717, 1.165) is 11.1 Å². The van der Waals surface area contributed by atoms with Gasteiger partial charge in [-0.3, -0.25) is 4.79 Å². The molecule has 5 heteroatoms. The molecule has 0 fully saturated rings. The molecule has 20 heavy (non-hydrogen) atoms. The maximum atomic E-state index is 12.4. The lowest BCUT2D eigenvalue weighted by molar-refractivity contribution is 0.0707. The van der Waals surface area contributed by atoms with E-state index in [2.05, 4.69) is 0 Å². The first-order valence-electron chi connectivity index (χ1n) is 6.32. The molecular formula is C15H17NO3S. The predicted octanol–water partition coefficient (Wildman–Crippen LogP) is 2.40. The lowest BCUT2D eigenvalue weighted by atomic mass is 10.1. The Labute approximate surface area is 121 Å². The smallest absolute Gasteiger partial charge is 0.254 e. The van der Waals surface area contributed by atoms with Crippen LogP contribution in [-0.4, -0.2) is 34.2 Å². The van der Waals surface area contributed by atoms with Gasteiger partial charge < -0.3 is 15.1 Å². The third-order valence-electron chi connectivity index (χ3n) is 3.07. The molecule has 1 aromatic heterocycles. The van der Waals surface area contributed by atoms with Crippen molar-refractivity contribution in [1.82, 2.24) is 4.90 Å². The molecular weight excluding hydrogens is 274 g/mol. The SMILES string of the molecule is Cc1ccc(C(=O)N(CCO)Cc2ccsc2)cc1O. The lowest BCUT2D eigenvalue weighted by Crippen LogP contribution is -2.32. The number of aliphatic hydroxyl groups is 1. The van der Waals surface area contributed by atoms with E-state index >= 15 is 0 Å². The number of phenolic OH excluding ortho intramolecular Hbond substituents is 1. The number of hydrogen-bond acceptors (Lipinski definition) is 4. The van der Waals surface area contributed by atoms with Gasteiger partial charge in [0.05, 0.1) is 6.61 Å². The van der Waals surface area contributed by atoms with Gasteiger partial charge in [-0.2, -0.15) is 11.3 Å². The van der Waals surface area contributed by atoms with Gasteiger partial charge >= 0.3 is 0 Å². The number of carbonyl (C=O) groups is 1. The van der Waals surface area contributed by atoms with Crippen LogP contribution < -0.4 is 0 Å². The highest BCUT2D eigenvalue weighted by molar-refractivity contribution is 7.07. The molecule has 0 saturated carbocycles. The summed E-state index contributed by atoms with van der Waals surface area (Å²) in [7, 11) is 0. The zero-order valence-corrected chi connectivity index (χ0v) is 12.1. The number of carbonyl (C=O) groups excluding carboxylic acids is 1. The summed E-state index contributed by atoms with van der Waals surface area (Å²) in [4.78, 5) is 14.0. The third kappa shape index (κ3) is 3.37. The number of thiophene rings is 1. The monoisotopic (exact) mass is 291 g/mol. The van der Waals surface area contributed by atoms with E-state index in [4.69, 9.17) is 5.11 Å². The molecule has 0 radical (unpaired) electrons. The summed E-state index contributed by atoms with van der Waals surface area (Å²) in [6.07, 6.45) is 0. The largest absolute Gasteiger partial charge is 0.508 e. The Morgan fingerprint density at radius 3 is 2.75 bits per heavy atom. The van der Waals surface area contributed by atoms with Crippen LogP contribution in [0.15, 0.2) is 35.0 Å². The van der Waals surface area contributed by atoms with Gasteiger partial charge in [0, 0.05) is 18.7 Å².